The Morgan fingerprint density at radius 1 is 1.48 bits per heavy atom. The Bertz CT molecular complexity index is 745. The second-order valence-corrected chi connectivity index (χ2v) is 10.5. The van der Waals surface area contributed by atoms with Gasteiger partial charge >= 0.3 is 0 Å². The van der Waals surface area contributed by atoms with E-state index in [0.717, 1.165) is 29.0 Å². The van der Waals surface area contributed by atoms with Crippen molar-refractivity contribution < 1.29 is 4.21 Å². The molecule has 0 bridgehead atoms. The molecule has 0 amide bonds. The number of halogens is 1. The standard InChI is InChI=1S/C17H21ClN2OS2/c1-16(2,3)8-5-11-9-12(18)14(22-11)13-10-23(21)17(6-4-7-17)15(19)20-13/h9,13H,4,6-7,10H2,1-3H3,(H2,19,20). The normalized spacial score (nSPS) is 26.2. The molecular weight excluding hydrogens is 348 g/mol. The molecule has 23 heavy (non-hydrogen) atoms. The van der Waals surface area contributed by atoms with Crippen LogP contribution in [0, 0.1) is 17.3 Å². The SMILES string of the molecule is CC(C)(C)C#Cc1cc(Cl)c(C2CS(=O)C3(CCC3)C(N)=N2)s1. The van der Waals surface area contributed by atoms with Gasteiger partial charge in [-0.2, -0.15) is 0 Å². The summed E-state index contributed by atoms with van der Waals surface area (Å²) in [6.07, 6.45) is 2.86. The minimum Gasteiger partial charge on any atom is -0.386 e. The topological polar surface area (TPSA) is 55.5 Å². The largest absolute Gasteiger partial charge is 0.386 e. The minimum absolute atomic E-state index is 0.0534. The number of hydrogen-bond donors (Lipinski definition) is 1. The Kier molecular flexibility index (Phi) is 4.37. The van der Waals surface area contributed by atoms with Gasteiger partial charge in [0.05, 0.1) is 26.6 Å². The van der Waals surface area contributed by atoms with Gasteiger partial charge in [0.1, 0.15) is 10.6 Å². The van der Waals surface area contributed by atoms with E-state index in [9.17, 15) is 4.21 Å². The Morgan fingerprint density at radius 2 is 2.17 bits per heavy atom. The molecule has 2 N–H and O–H groups in total. The molecule has 1 spiro atoms. The first kappa shape index (κ1) is 17.0. The van der Waals surface area contributed by atoms with Crippen molar-refractivity contribution in [3.63, 3.8) is 0 Å². The monoisotopic (exact) mass is 368 g/mol. The summed E-state index contributed by atoms with van der Waals surface area (Å²) in [6, 6.07) is 1.67. The molecule has 1 aliphatic carbocycles. The number of amidine groups is 1. The fourth-order valence-corrected chi connectivity index (χ4v) is 6.12. The molecule has 0 saturated heterocycles. The molecular formula is C17H21ClN2OS2. The van der Waals surface area contributed by atoms with Gasteiger partial charge in [0, 0.05) is 16.2 Å². The van der Waals surface area contributed by atoms with Crippen LogP contribution in [0.5, 0.6) is 0 Å². The van der Waals surface area contributed by atoms with Crippen LogP contribution in [-0.2, 0) is 10.8 Å². The molecule has 2 atom stereocenters. The van der Waals surface area contributed by atoms with Crippen molar-refractivity contribution in [1.82, 2.24) is 0 Å². The highest BCUT2D eigenvalue weighted by Crippen LogP contribution is 2.45. The Labute approximate surface area is 149 Å². The van der Waals surface area contributed by atoms with E-state index in [1.54, 1.807) is 0 Å². The predicted molar refractivity (Wildman–Crippen MR) is 99.6 cm³/mol. The lowest BCUT2D eigenvalue weighted by Gasteiger charge is -2.43. The predicted octanol–water partition coefficient (Wildman–Crippen LogP) is 3.88. The molecule has 1 fully saturated rings. The van der Waals surface area contributed by atoms with Gasteiger partial charge in [-0.15, -0.1) is 11.3 Å². The van der Waals surface area contributed by atoms with Crippen molar-refractivity contribution in [3.05, 3.63) is 20.8 Å². The quantitative estimate of drug-likeness (QED) is 0.764. The van der Waals surface area contributed by atoms with Gasteiger partial charge in [-0.05, 0) is 46.1 Å². The van der Waals surface area contributed by atoms with Gasteiger partial charge in [-0.3, -0.25) is 9.20 Å². The van der Waals surface area contributed by atoms with Crippen LogP contribution in [0.25, 0.3) is 0 Å². The molecule has 1 aliphatic heterocycles. The zero-order valence-electron chi connectivity index (χ0n) is 13.6. The average Bonchev–Trinajstić information content (AvgIpc) is 2.74. The third kappa shape index (κ3) is 3.22. The van der Waals surface area contributed by atoms with E-state index in [1.807, 2.05) is 6.07 Å². The molecule has 1 aromatic rings. The van der Waals surface area contributed by atoms with Crippen molar-refractivity contribution in [3.8, 4) is 11.8 Å². The first-order valence-corrected chi connectivity index (χ1v) is 10.3. The summed E-state index contributed by atoms with van der Waals surface area (Å²) < 4.78 is 12.3. The van der Waals surface area contributed by atoms with Crippen molar-refractivity contribution in [1.29, 1.82) is 0 Å². The van der Waals surface area contributed by atoms with Crippen molar-refractivity contribution in [2.24, 2.45) is 16.1 Å². The number of nitrogens with two attached hydrogens (primary N) is 1. The smallest absolute Gasteiger partial charge is 0.113 e. The summed E-state index contributed by atoms with van der Waals surface area (Å²) in [5.41, 5.74) is 6.10. The molecule has 2 heterocycles. The highest BCUT2D eigenvalue weighted by Gasteiger charge is 2.49. The van der Waals surface area contributed by atoms with Crippen LogP contribution in [0.1, 0.15) is 55.8 Å². The molecule has 1 aromatic heterocycles. The zero-order chi connectivity index (χ0) is 16.8. The number of hydrogen-bond acceptors (Lipinski definition) is 4. The van der Waals surface area contributed by atoms with Crippen LogP contribution in [0.3, 0.4) is 0 Å². The number of rotatable bonds is 1. The number of aliphatic imine (C=N–C) groups is 1. The highest BCUT2D eigenvalue weighted by molar-refractivity contribution is 7.87. The summed E-state index contributed by atoms with van der Waals surface area (Å²) in [7, 11) is -0.978. The van der Waals surface area contributed by atoms with E-state index < -0.39 is 10.8 Å². The summed E-state index contributed by atoms with van der Waals surface area (Å²) in [6.45, 7) is 6.22. The molecule has 3 rings (SSSR count). The Balaban J connectivity index is 1.89. The van der Waals surface area contributed by atoms with Gasteiger partial charge in [-0.1, -0.05) is 23.4 Å². The van der Waals surface area contributed by atoms with Crippen LogP contribution in [0.4, 0.5) is 0 Å². The maximum atomic E-state index is 12.7. The van der Waals surface area contributed by atoms with E-state index >= 15 is 0 Å². The van der Waals surface area contributed by atoms with Crippen LogP contribution >= 0.6 is 22.9 Å². The van der Waals surface area contributed by atoms with E-state index in [0.29, 0.717) is 16.6 Å². The van der Waals surface area contributed by atoms with E-state index in [1.165, 1.54) is 11.3 Å². The maximum absolute atomic E-state index is 12.7. The third-order valence-electron chi connectivity index (χ3n) is 4.24. The molecule has 124 valence electrons. The lowest BCUT2D eigenvalue weighted by atomic mass is 9.83. The van der Waals surface area contributed by atoms with Crippen LogP contribution in [-0.4, -0.2) is 20.5 Å². The van der Waals surface area contributed by atoms with Crippen LogP contribution in [0.2, 0.25) is 5.02 Å². The molecule has 0 aromatic carbocycles. The molecule has 6 heteroatoms. The van der Waals surface area contributed by atoms with Crippen LogP contribution < -0.4 is 5.73 Å². The average molecular weight is 369 g/mol. The van der Waals surface area contributed by atoms with Gasteiger partial charge in [0.25, 0.3) is 0 Å². The molecule has 2 unspecified atom stereocenters. The summed E-state index contributed by atoms with van der Waals surface area (Å²) in [5.74, 6) is 7.44. The Morgan fingerprint density at radius 3 is 2.70 bits per heavy atom. The summed E-state index contributed by atoms with van der Waals surface area (Å²) in [5, 5.41) is 0.649. The van der Waals surface area contributed by atoms with Crippen molar-refractivity contribution >= 4 is 39.6 Å². The lowest BCUT2D eigenvalue weighted by Crippen LogP contribution is -2.56. The Hall–Kier alpha value is -0.830. The second-order valence-electron chi connectivity index (χ2n) is 7.21. The molecule has 1 saturated carbocycles. The minimum atomic E-state index is -0.978. The first-order chi connectivity index (χ1) is 10.7. The van der Waals surface area contributed by atoms with Crippen molar-refractivity contribution in [2.75, 3.05) is 5.75 Å². The first-order valence-electron chi connectivity index (χ1n) is 7.76. The van der Waals surface area contributed by atoms with Crippen LogP contribution in [0.15, 0.2) is 11.1 Å². The van der Waals surface area contributed by atoms with Gasteiger partial charge < -0.3 is 5.73 Å². The highest BCUT2D eigenvalue weighted by atomic mass is 35.5. The van der Waals surface area contributed by atoms with Gasteiger partial charge in [-0.25, -0.2) is 0 Å². The summed E-state index contributed by atoms with van der Waals surface area (Å²) in [4.78, 5) is 6.49. The van der Waals surface area contributed by atoms with Gasteiger partial charge in [0.15, 0.2) is 0 Å². The van der Waals surface area contributed by atoms with E-state index in [-0.39, 0.29) is 16.2 Å². The molecule has 0 radical (unpaired) electrons. The van der Waals surface area contributed by atoms with E-state index in [2.05, 4.69) is 37.6 Å². The number of nitrogens with zero attached hydrogens (tertiary/aromatic N) is 1. The number of thiophene rings is 1. The second kappa shape index (κ2) is 5.91. The maximum Gasteiger partial charge on any atom is 0.113 e. The summed E-state index contributed by atoms with van der Waals surface area (Å²) >= 11 is 7.91. The van der Waals surface area contributed by atoms with Crippen molar-refractivity contribution in [2.45, 2.75) is 50.8 Å². The zero-order valence-corrected chi connectivity index (χ0v) is 16.0. The fraction of sp³-hybridized carbons (Fsp3) is 0.588. The lowest BCUT2D eigenvalue weighted by molar-refractivity contribution is 0.430. The van der Waals surface area contributed by atoms with E-state index in [4.69, 9.17) is 17.3 Å². The van der Waals surface area contributed by atoms with Gasteiger partial charge in [0.2, 0.25) is 0 Å². The molecule has 3 nitrogen and oxygen atoms in total. The molecule has 2 aliphatic rings. The third-order valence-corrected chi connectivity index (χ3v) is 7.93. The fourth-order valence-electron chi connectivity index (χ4n) is 2.78.